The molecule has 1 aliphatic rings. The molecule has 0 atom stereocenters. The quantitative estimate of drug-likeness (QED) is 0.672. The summed E-state index contributed by atoms with van der Waals surface area (Å²) in [6.45, 7) is 1.15. The van der Waals surface area contributed by atoms with Gasteiger partial charge in [0.05, 0.1) is 25.8 Å². The summed E-state index contributed by atoms with van der Waals surface area (Å²) in [6.07, 6.45) is 2.63. The molecule has 0 aliphatic heterocycles. The van der Waals surface area contributed by atoms with Crippen LogP contribution in [0.3, 0.4) is 0 Å². The van der Waals surface area contributed by atoms with Crippen LogP contribution < -0.4 is 10.6 Å². The summed E-state index contributed by atoms with van der Waals surface area (Å²) in [6, 6.07) is 9.61. The molecule has 0 bridgehead atoms. The van der Waals surface area contributed by atoms with Gasteiger partial charge in [-0.1, -0.05) is 30.3 Å². The third kappa shape index (κ3) is 5.79. The van der Waals surface area contributed by atoms with Crippen LogP contribution in [0.2, 0.25) is 0 Å². The summed E-state index contributed by atoms with van der Waals surface area (Å²) in [4.78, 5) is 29.0. The Hall–Kier alpha value is -1.96. The number of halogens is 1. The summed E-state index contributed by atoms with van der Waals surface area (Å²) >= 11 is 1.31. The lowest BCUT2D eigenvalue weighted by Gasteiger charge is -2.03. The largest absolute Gasteiger partial charge is 0.469 e. The average Bonchev–Trinajstić information content (AvgIpc) is 3.36. The number of rotatable bonds is 8. The molecule has 1 aliphatic carbocycles. The maximum absolute atomic E-state index is 12.1. The molecule has 1 aromatic heterocycles. The van der Waals surface area contributed by atoms with E-state index in [-0.39, 0.29) is 37.2 Å². The minimum Gasteiger partial charge on any atom is -0.469 e. The number of nitrogens with one attached hydrogen (secondary N) is 2. The number of nitrogens with zero attached hydrogens (tertiary/aromatic N) is 1. The number of hydrogen-bond donors (Lipinski definition) is 2. The third-order valence-electron chi connectivity index (χ3n) is 3.94. The van der Waals surface area contributed by atoms with Gasteiger partial charge in [-0.15, -0.1) is 23.7 Å². The molecule has 1 saturated carbocycles. The highest BCUT2D eigenvalue weighted by Crippen LogP contribution is 2.31. The SMILES string of the molecule is COC(=O)Cc1sc(NC(=O)CNCC2CC2)nc1-c1ccccc1.Cl. The van der Waals surface area contributed by atoms with Crippen LogP contribution in [0, 0.1) is 5.92 Å². The number of carbonyl (C=O) groups is 2. The van der Waals surface area contributed by atoms with Crippen LogP contribution in [0.15, 0.2) is 30.3 Å². The molecule has 1 amide bonds. The number of carbonyl (C=O) groups excluding carboxylic acids is 2. The highest BCUT2D eigenvalue weighted by atomic mass is 35.5. The van der Waals surface area contributed by atoms with Gasteiger partial charge >= 0.3 is 5.97 Å². The molecule has 2 N–H and O–H groups in total. The molecule has 8 heteroatoms. The molecular formula is C18H22ClN3O3S. The first-order valence-electron chi connectivity index (χ1n) is 8.28. The van der Waals surface area contributed by atoms with Crippen molar-refractivity contribution in [2.24, 2.45) is 5.92 Å². The topological polar surface area (TPSA) is 80.3 Å². The monoisotopic (exact) mass is 395 g/mol. The number of aromatic nitrogens is 1. The fraction of sp³-hybridized carbons (Fsp3) is 0.389. The predicted molar refractivity (Wildman–Crippen MR) is 105 cm³/mol. The van der Waals surface area contributed by atoms with Crippen LogP contribution in [0.25, 0.3) is 11.3 Å². The van der Waals surface area contributed by atoms with E-state index in [1.807, 2.05) is 30.3 Å². The first-order valence-corrected chi connectivity index (χ1v) is 9.10. The van der Waals surface area contributed by atoms with Gasteiger partial charge in [0.1, 0.15) is 0 Å². The zero-order valence-electron chi connectivity index (χ0n) is 14.5. The molecule has 0 spiro atoms. The van der Waals surface area contributed by atoms with E-state index < -0.39 is 0 Å². The van der Waals surface area contributed by atoms with Crippen molar-refractivity contribution in [3.8, 4) is 11.3 Å². The van der Waals surface area contributed by atoms with Crippen LogP contribution in [0.4, 0.5) is 5.13 Å². The third-order valence-corrected chi connectivity index (χ3v) is 4.91. The lowest BCUT2D eigenvalue weighted by atomic mass is 10.1. The normalized spacial score (nSPS) is 13.0. The van der Waals surface area contributed by atoms with Gasteiger partial charge in [0, 0.05) is 10.4 Å². The zero-order chi connectivity index (χ0) is 17.6. The van der Waals surface area contributed by atoms with E-state index in [1.54, 1.807) is 0 Å². The fourth-order valence-corrected chi connectivity index (χ4v) is 3.41. The second-order valence-corrected chi connectivity index (χ2v) is 7.12. The number of amides is 1. The summed E-state index contributed by atoms with van der Waals surface area (Å²) in [5.41, 5.74) is 1.61. The van der Waals surface area contributed by atoms with Crippen LogP contribution >= 0.6 is 23.7 Å². The maximum Gasteiger partial charge on any atom is 0.310 e. The second-order valence-electron chi connectivity index (χ2n) is 6.03. The molecule has 1 fully saturated rings. The smallest absolute Gasteiger partial charge is 0.310 e. The van der Waals surface area contributed by atoms with E-state index in [1.165, 1.54) is 31.3 Å². The Morgan fingerprint density at radius 2 is 2.00 bits per heavy atom. The standard InChI is InChI=1S/C18H21N3O3S.ClH/c1-24-16(23)9-14-17(13-5-3-2-4-6-13)21-18(25-14)20-15(22)11-19-10-12-7-8-12;/h2-6,12,19H,7-11H2,1H3,(H,20,21,22);1H. The first kappa shape index (κ1) is 20.4. The number of benzene rings is 1. The van der Waals surface area contributed by atoms with Crippen molar-refractivity contribution in [1.82, 2.24) is 10.3 Å². The van der Waals surface area contributed by atoms with Crippen LogP contribution in [0.1, 0.15) is 17.7 Å². The number of hydrogen-bond acceptors (Lipinski definition) is 6. The van der Waals surface area contributed by atoms with Crippen molar-refractivity contribution < 1.29 is 14.3 Å². The Morgan fingerprint density at radius 1 is 1.27 bits per heavy atom. The van der Waals surface area contributed by atoms with Gasteiger partial charge in [-0.3, -0.25) is 9.59 Å². The summed E-state index contributed by atoms with van der Waals surface area (Å²) in [5.74, 6) is 0.271. The van der Waals surface area contributed by atoms with Gasteiger partial charge in [0.2, 0.25) is 5.91 Å². The molecule has 140 valence electrons. The number of anilines is 1. The van der Waals surface area contributed by atoms with Crippen LogP contribution in [0.5, 0.6) is 0 Å². The molecule has 0 unspecified atom stereocenters. The van der Waals surface area contributed by atoms with E-state index in [0.717, 1.165) is 22.9 Å². The lowest BCUT2D eigenvalue weighted by molar-refractivity contribution is -0.139. The average molecular weight is 396 g/mol. The Balaban J connectivity index is 0.00000243. The number of thiazole rings is 1. The van der Waals surface area contributed by atoms with Crippen molar-refractivity contribution >= 4 is 40.8 Å². The van der Waals surface area contributed by atoms with Crippen molar-refractivity contribution in [3.05, 3.63) is 35.2 Å². The molecule has 0 saturated heterocycles. The molecule has 26 heavy (non-hydrogen) atoms. The number of esters is 1. The highest BCUT2D eigenvalue weighted by Gasteiger charge is 2.21. The number of ether oxygens (including phenoxy) is 1. The van der Waals surface area contributed by atoms with Crippen LogP contribution in [-0.2, 0) is 20.7 Å². The zero-order valence-corrected chi connectivity index (χ0v) is 16.1. The van der Waals surface area contributed by atoms with Gasteiger partial charge in [-0.2, -0.15) is 0 Å². The molecule has 6 nitrogen and oxygen atoms in total. The van der Waals surface area contributed by atoms with Gasteiger partial charge in [0.25, 0.3) is 0 Å². The van der Waals surface area contributed by atoms with Crippen LogP contribution in [-0.4, -0.2) is 37.1 Å². The summed E-state index contributed by atoms with van der Waals surface area (Å²) in [5, 5.41) is 6.46. The Labute approximate surface area is 162 Å². The Kier molecular flexibility index (Phi) is 7.56. The van der Waals surface area contributed by atoms with E-state index in [2.05, 4.69) is 15.6 Å². The van der Waals surface area contributed by atoms with Gasteiger partial charge in [-0.25, -0.2) is 4.98 Å². The van der Waals surface area contributed by atoms with E-state index in [0.29, 0.717) is 10.8 Å². The molecule has 3 rings (SSSR count). The van der Waals surface area contributed by atoms with E-state index in [9.17, 15) is 9.59 Å². The van der Waals surface area contributed by atoms with Gasteiger partial charge in [0.15, 0.2) is 5.13 Å². The van der Waals surface area contributed by atoms with Gasteiger partial charge < -0.3 is 15.4 Å². The summed E-state index contributed by atoms with van der Waals surface area (Å²) < 4.78 is 4.76. The molecule has 0 radical (unpaired) electrons. The molecule has 1 heterocycles. The van der Waals surface area contributed by atoms with Gasteiger partial charge in [-0.05, 0) is 25.3 Å². The van der Waals surface area contributed by atoms with Crippen molar-refractivity contribution in [2.75, 3.05) is 25.5 Å². The molecule has 1 aromatic carbocycles. The Bertz CT molecular complexity index is 747. The number of methoxy groups -OCH3 is 1. The molecular weight excluding hydrogens is 374 g/mol. The summed E-state index contributed by atoms with van der Waals surface area (Å²) in [7, 11) is 1.36. The highest BCUT2D eigenvalue weighted by molar-refractivity contribution is 7.16. The van der Waals surface area contributed by atoms with Crippen molar-refractivity contribution in [3.63, 3.8) is 0 Å². The maximum atomic E-state index is 12.1. The fourth-order valence-electron chi connectivity index (χ4n) is 2.43. The first-order chi connectivity index (χ1) is 12.2. The molecule has 2 aromatic rings. The second kappa shape index (κ2) is 9.66. The lowest BCUT2D eigenvalue weighted by Crippen LogP contribution is -2.29. The Morgan fingerprint density at radius 3 is 2.65 bits per heavy atom. The minimum atomic E-state index is -0.329. The van der Waals surface area contributed by atoms with E-state index in [4.69, 9.17) is 4.74 Å². The minimum absolute atomic E-state index is 0. The predicted octanol–water partition coefficient (Wildman–Crippen LogP) is 2.89. The van der Waals surface area contributed by atoms with E-state index >= 15 is 0 Å². The van der Waals surface area contributed by atoms with Crippen molar-refractivity contribution in [1.29, 1.82) is 0 Å². The van der Waals surface area contributed by atoms with Crippen molar-refractivity contribution in [2.45, 2.75) is 19.3 Å².